The van der Waals surface area contributed by atoms with Crippen molar-refractivity contribution in [3.05, 3.63) is 66.0 Å². The molecule has 1 N–H and O–H groups in total. The van der Waals surface area contributed by atoms with Gasteiger partial charge in [-0.2, -0.15) is 0 Å². The third kappa shape index (κ3) is 7.14. The summed E-state index contributed by atoms with van der Waals surface area (Å²) in [6.45, 7) is 11.0. The van der Waals surface area contributed by atoms with Crippen LogP contribution in [0.4, 0.5) is 5.69 Å². The molecule has 1 saturated heterocycles. The standard InChI is InChI=1S/C31H40N4O6S/c1-7-41-26-16-24(19-32-20-26)23-17-28(39-5)27(29(18-23)40-6)21-34-12-14-35(15-13-34)25-10-8-22(9-11-25)30(36)33-42(37,38)31(2,3)4/h8-11,16-20H,7,12-15,21H2,1-6H3,(H,33,36). The lowest BCUT2D eigenvalue weighted by Crippen LogP contribution is -2.46. The molecule has 3 aromatic rings. The summed E-state index contributed by atoms with van der Waals surface area (Å²) in [5.74, 6) is 1.57. The van der Waals surface area contributed by atoms with Gasteiger partial charge in [-0.3, -0.25) is 14.7 Å². The summed E-state index contributed by atoms with van der Waals surface area (Å²) in [4.78, 5) is 21.4. The molecular formula is C31H40N4O6S. The monoisotopic (exact) mass is 596 g/mol. The van der Waals surface area contributed by atoms with E-state index in [1.807, 2.05) is 37.3 Å². The van der Waals surface area contributed by atoms with Crippen LogP contribution in [0.25, 0.3) is 11.1 Å². The number of rotatable bonds is 10. The van der Waals surface area contributed by atoms with Crippen molar-refractivity contribution in [2.45, 2.75) is 39.0 Å². The Bertz CT molecular complexity index is 1470. The largest absolute Gasteiger partial charge is 0.496 e. The summed E-state index contributed by atoms with van der Waals surface area (Å²) in [6.07, 6.45) is 3.49. The van der Waals surface area contributed by atoms with E-state index in [2.05, 4.69) is 19.5 Å². The average molecular weight is 597 g/mol. The summed E-state index contributed by atoms with van der Waals surface area (Å²) in [5, 5.41) is 0. The highest BCUT2D eigenvalue weighted by atomic mass is 32.2. The van der Waals surface area contributed by atoms with E-state index in [1.54, 1.807) is 59.5 Å². The third-order valence-electron chi connectivity index (χ3n) is 7.25. The molecule has 1 amide bonds. The van der Waals surface area contributed by atoms with E-state index in [9.17, 15) is 13.2 Å². The number of carbonyl (C=O) groups is 1. The molecule has 0 atom stereocenters. The molecule has 42 heavy (non-hydrogen) atoms. The predicted molar refractivity (Wildman–Crippen MR) is 164 cm³/mol. The van der Waals surface area contributed by atoms with Crippen LogP contribution in [0, 0.1) is 0 Å². The smallest absolute Gasteiger partial charge is 0.264 e. The van der Waals surface area contributed by atoms with Crippen LogP contribution in [0.3, 0.4) is 0 Å². The van der Waals surface area contributed by atoms with Gasteiger partial charge in [0.1, 0.15) is 17.2 Å². The Balaban J connectivity index is 1.41. The van der Waals surface area contributed by atoms with E-state index in [0.717, 1.165) is 60.1 Å². The first-order valence-corrected chi connectivity index (χ1v) is 15.4. The molecule has 0 spiro atoms. The van der Waals surface area contributed by atoms with Gasteiger partial charge in [0, 0.05) is 55.7 Å². The maximum atomic E-state index is 12.5. The molecule has 1 aromatic heterocycles. The van der Waals surface area contributed by atoms with E-state index in [-0.39, 0.29) is 0 Å². The van der Waals surface area contributed by atoms with Gasteiger partial charge in [0.25, 0.3) is 5.91 Å². The molecule has 10 nitrogen and oxygen atoms in total. The molecule has 0 aliphatic carbocycles. The lowest BCUT2D eigenvalue weighted by atomic mass is 10.0. The zero-order chi connectivity index (χ0) is 30.5. The molecule has 1 fully saturated rings. The van der Waals surface area contributed by atoms with Crippen molar-refractivity contribution < 1.29 is 27.4 Å². The Morgan fingerprint density at radius 1 is 0.929 bits per heavy atom. The van der Waals surface area contributed by atoms with Gasteiger partial charge < -0.3 is 19.1 Å². The SMILES string of the molecule is CCOc1cncc(-c2cc(OC)c(CN3CCN(c4ccc(C(=O)NS(=O)(=O)C(C)(C)C)cc4)CC3)c(OC)c2)c1. The number of carbonyl (C=O) groups excluding carboxylic acids is 1. The summed E-state index contributed by atoms with van der Waals surface area (Å²) < 4.78 is 43.0. The van der Waals surface area contributed by atoms with E-state index in [0.29, 0.717) is 24.5 Å². The Hall–Kier alpha value is -3.83. The number of piperazine rings is 1. The van der Waals surface area contributed by atoms with Gasteiger partial charge in [0.05, 0.1) is 37.3 Å². The lowest BCUT2D eigenvalue weighted by Gasteiger charge is -2.36. The maximum Gasteiger partial charge on any atom is 0.264 e. The maximum absolute atomic E-state index is 12.5. The Labute approximate surface area is 248 Å². The highest BCUT2D eigenvalue weighted by molar-refractivity contribution is 7.91. The lowest BCUT2D eigenvalue weighted by molar-refractivity contribution is 0.0980. The molecule has 0 bridgehead atoms. The van der Waals surface area contributed by atoms with Crippen LogP contribution in [0.15, 0.2) is 54.9 Å². The van der Waals surface area contributed by atoms with Crippen molar-refractivity contribution >= 4 is 21.6 Å². The minimum atomic E-state index is -3.78. The second kappa shape index (κ2) is 13.0. The summed E-state index contributed by atoms with van der Waals surface area (Å²) in [7, 11) is -0.452. The normalized spacial score (nSPS) is 14.4. The van der Waals surface area contributed by atoms with Crippen LogP contribution in [0.5, 0.6) is 17.2 Å². The summed E-state index contributed by atoms with van der Waals surface area (Å²) in [5.41, 5.74) is 4.10. The van der Waals surface area contributed by atoms with Gasteiger partial charge in [-0.05, 0) is 75.7 Å². The highest BCUT2D eigenvalue weighted by Crippen LogP contribution is 2.37. The number of anilines is 1. The Morgan fingerprint density at radius 2 is 1.55 bits per heavy atom. The molecule has 0 unspecified atom stereocenters. The van der Waals surface area contributed by atoms with Crippen LogP contribution < -0.4 is 23.8 Å². The van der Waals surface area contributed by atoms with Crippen molar-refractivity contribution in [3.63, 3.8) is 0 Å². The number of pyridine rings is 1. The molecule has 0 saturated carbocycles. The zero-order valence-corrected chi connectivity index (χ0v) is 26.0. The number of nitrogens with zero attached hydrogens (tertiary/aromatic N) is 3. The van der Waals surface area contributed by atoms with Crippen molar-refractivity contribution in [1.82, 2.24) is 14.6 Å². The number of sulfonamides is 1. The van der Waals surface area contributed by atoms with Crippen molar-refractivity contribution in [2.75, 3.05) is 51.9 Å². The topological polar surface area (TPSA) is 110 Å². The fraction of sp³-hybridized carbons (Fsp3) is 0.419. The summed E-state index contributed by atoms with van der Waals surface area (Å²) >= 11 is 0. The molecule has 1 aliphatic heterocycles. The molecule has 2 heterocycles. The number of ether oxygens (including phenoxy) is 3. The fourth-order valence-electron chi connectivity index (χ4n) is 4.67. The van der Waals surface area contributed by atoms with E-state index >= 15 is 0 Å². The zero-order valence-electron chi connectivity index (χ0n) is 25.1. The van der Waals surface area contributed by atoms with Crippen molar-refractivity contribution in [2.24, 2.45) is 0 Å². The van der Waals surface area contributed by atoms with Crippen LogP contribution in [0.1, 0.15) is 43.6 Å². The van der Waals surface area contributed by atoms with Crippen LogP contribution in [-0.4, -0.2) is 76.0 Å². The van der Waals surface area contributed by atoms with Gasteiger partial charge in [0.15, 0.2) is 0 Å². The second-order valence-electron chi connectivity index (χ2n) is 11.1. The molecule has 1 aliphatic rings. The molecule has 2 aromatic carbocycles. The van der Waals surface area contributed by atoms with Gasteiger partial charge in [-0.1, -0.05) is 0 Å². The van der Waals surface area contributed by atoms with Crippen LogP contribution in [-0.2, 0) is 16.6 Å². The van der Waals surface area contributed by atoms with Gasteiger partial charge in [-0.25, -0.2) is 13.1 Å². The molecule has 226 valence electrons. The number of hydrogen-bond acceptors (Lipinski definition) is 9. The number of nitrogens with one attached hydrogen (secondary N) is 1. The summed E-state index contributed by atoms with van der Waals surface area (Å²) in [6, 6.07) is 13.0. The number of amides is 1. The first kappa shape index (κ1) is 31.1. The van der Waals surface area contributed by atoms with Gasteiger partial charge in [0.2, 0.25) is 10.0 Å². The second-order valence-corrected chi connectivity index (χ2v) is 13.5. The minimum absolute atomic E-state index is 0.299. The molecule has 4 rings (SSSR count). The number of methoxy groups -OCH3 is 2. The van der Waals surface area contributed by atoms with Crippen LogP contribution in [0.2, 0.25) is 0 Å². The predicted octanol–water partition coefficient (Wildman–Crippen LogP) is 4.34. The Morgan fingerprint density at radius 3 is 2.10 bits per heavy atom. The average Bonchev–Trinajstić information content (AvgIpc) is 2.97. The number of benzene rings is 2. The van der Waals surface area contributed by atoms with Gasteiger partial charge >= 0.3 is 0 Å². The quantitative estimate of drug-likeness (QED) is 0.365. The number of hydrogen-bond donors (Lipinski definition) is 1. The van der Waals surface area contributed by atoms with Crippen molar-refractivity contribution in [3.8, 4) is 28.4 Å². The van der Waals surface area contributed by atoms with Gasteiger partial charge in [-0.15, -0.1) is 0 Å². The Kier molecular flexibility index (Phi) is 9.63. The van der Waals surface area contributed by atoms with Crippen molar-refractivity contribution in [1.29, 1.82) is 0 Å². The van der Waals surface area contributed by atoms with E-state index in [4.69, 9.17) is 14.2 Å². The third-order valence-corrected chi connectivity index (χ3v) is 9.31. The highest BCUT2D eigenvalue weighted by Gasteiger charge is 2.31. The van der Waals surface area contributed by atoms with Crippen LogP contribution >= 0.6 is 0 Å². The minimum Gasteiger partial charge on any atom is -0.496 e. The van der Waals surface area contributed by atoms with E-state index < -0.39 is 20.7 Å². The molecule has 11 heteroatoms. The fourth-order valence-corrected chi connectivity index (χ4v) is 5.34. The first-order chi connectivity index (χ1) is 20.0. The van der Waals surface area contributed by atoms with E-state index in [1.165, 1.54) is 0 Å². The number of aromatic nitrogens is 1. The molecular weight excluding hydrogens is 556 g/mol. The first-order valence-electron chi connectivity index (χ1n) is 13.9. The molecule has 0 radical (unpaired) electrons.